The van der Waals surface area contributed by atoms with Gasteiger partial charge in [-0.25, -0.2) is 9.97 Å². The van der Waals surface area contributed by atoms with E-state index in [2.05, 4.69) is 19.8 Å². The number of halogens is 1. The van der Waals surface area contributed by atoms with Crippen molar-refractivity contribution in [2.45, 2.75) is 6.61 Å². The number of hydrogen-bond acceptors (Lipinski definition) is 7. The number of aliphatic hydroxyl groups excluding tert-OH is 1. The maximum atomic E-state index is 9.15. The number of hydrogen-bond donors (Lipinski definition) is 1. The van der Waals surface area contributed by atoms with E-state index in [-0.39, 0.29) is 6.61 Å². The lowest BCUT2D eigenvalue weighted by Gasteiger charge is -2.34. The Morgan fingerprint density at radius 3 is 2.42 bits per heavy atom. The van der Waals surface area contributed by atoms with Gasteiger partial charge in [0.2, 0.25) is 0 Å². The van der Waals surface area contributed by atoms with Crippen molar-refractivity contribution < 1.29 is 5.11 Å². The van der Waals surface area contributed by atoms with E-state index in [0.717, 1.165) is 41.3 Å². The molecule has 3 rings (SSSR count). The number of nitrogens with zero attached hydrogens (tertiary/aromatic N) is 4. The molecule has 0 aliphatic carbocycles. The molecule has 2 aromatic rings. The van der Waals surface area contributed by atoms with Crippen molar-refractivity contribution in [2.24, 2.45) is 0 Å². The summed E-state index contributed by atoms with van der Waals surface area (Å²) in [6.45, 7) is 3.61. The Kier molecular flexibility index (Phi) is 3.88. The van der Waals surface area contributed by atoms with E-state index in [0.29, 0.717) is 5.15 Å². The number of piperazine rings is 1. The third-order valence-corrected chi connectivity index (χ3v) is 5.38. The summed E-state index contributed by atoms with van der Waals surface area (Å²) in [5, 5.41) is 13.5. The lowest BCUT2D eigenvalue weighted by Crippen LogP contribution is -2.46. The summed E-state index contributed by atoms with van der Waals surface area (Å²) < 4.78 is 0. The van der Waals surface area contributed by atoms with Gasteiger partial charge in [0.25, 0.3) is 0 Å². The van der Waals surface area contributed by atoms with E-state index in [9.17, 15) is 0 Å². The highest BCUT2D eigenvalue weighted by atomic mass is 35.5. The molecule has 1 N–H and O–H groups in total. The van der Waals surface area contributed by atoms with Crippen LogP contribution in [0.15, 0.2) is 11.6 Å². The van der Waals surface area contributed by atoms with Crippen molar-refractivity contribution in [3.8, 4) is 0 Å². The lowest BCUT2D eigenvalue weighted by molar-refractivity contribution is 0.285. The molecule has 1 saturated heterocycles. The zero-order valence-corrected chi connectivity index (χ0v) is 12.5. The number of aromatic nitrogens is 2. The van der Waals surface area contributed by atoms with Crippen LogP contribution < -0.4 is 9.80 Å². The Balaban J connectivity index is 1.66. The van der Waals surface area contributed by atoms with Crippen molar-refractivity contribution in [3.63, 3.8) is 0 Å². The average Bonchev–Trinajstić information content (AvgIpc) is 3.08. The SMILES string of the molecule is OCc1sc(N2CCN(c3nccs3)CC2)nc1Cl. The molecular weight excluding hydrogens is 304 g/mol. The molecule has 0 atom stereocenters. The first-order valence-corrected chi connectivity index (χ1v) is 8.01. The Morgan fingerprint density at radius 2 is 1.89 bits per heavy atom. The van der Waals surface area contributed by atoms with E-state index in [1.54, 1.807) is 11.3 Å². The summed E-state index contributed by atoms with van der Waals surface area (Å²) in [4.78, 5) is 13.9. The third-order valence-electron chi connectivity index (χ3n) is 3.02. The fourth-order valence-corrected chi connectivity index (χ4v) is 3.88. The second kappa shape index (κ2) is 5.62. The number of anilines is 2. The largest absolute Gasteiger partial charge is 0.391 e. The van der Waals surface area contributed by atoms with Crippen molar-refractivity contribution in [2.75, 3.05) is 36.0 Å². The van der Waals surface area contributed by atoms with Crippen LogP contribution in [0.5, 0.6) is 0 Å². The van der Waals surface area contributed by atoms with Crippen LogP contribution >= 0.6 is 34.3 Å². The molecule has 19 heavy (non-hydrogen) atoms. The second-order valence-corrected chi connectivity index (χ2v) is 6.45. The molecule has 3 heterocycles. The van der Waals surface area contributed by atoms with E-state index < -0.39 is 0 Å². The van der Waals surface area contributed by atoms with Gasteiger partial charge >= 0.3 is 0 Å². The third kappa shape index (κ3) is 2.69. The molecule has 0 unspecified atom stereocenters. The van der Waals surface area contributed by atoms with E-state index in [4.69, 9.17) is 16.7 Å². The highest BCUT2D eigenvalue weighted by Gasteiger charge is 2.22. The summed E-state index contributed by atoms with van der Waals surface area (Å²) in [6.07, 6.45) is 1.83. The van der Waals surface area contributed by atoms with E-state index in [1.165, 1.54) is 11.3 Å². The van der Waals surface area contributed by atoms with Gasteiger partial charge in [0.15, 0.2) is 10.3 Å². The van der Waals surface area contributed by atoms with Crippen LogP contribution in [0.25, 0.3) is 0 Å². The smallest absolute Gasteiger partial charge is 0.187 e. The van der Waals surface area contributed by atoms with Crippen molar-refractivity contribution in [3.05, 3.63) is 21.6 Å². The van der Waals surface area contributed by atoms with Crippen LogP contribution in [0, 0.1) is 0 Å². The molecule has 0 spiro atoms. The average molecular weight is 317 g/mol. The summed E-state index contributed by atoms with van der Waals surface area (Å²) in [6, 6.07) is 0. The normalized spacial score (nSPS) is 16.1. The van der Waals surface area contributed by atoms with Crippen LogP contribution in [-0.4, -0.2) is 41.3 Å². The fourth-order valence-electron chi connectivity index (χ4n) is 2.02. The van der Waals surface area contributed by atoms with Gasteiger partial charge in [-0.2, -0.15) is 0 Å². The minimum atomic E-state index is -0.0461. The number of aliphatic hydroxyl groups is 1. The number of rotatable bonds is 3. The van der Waals surface area contributed by atoms with Crippen LogP contribution in [0.2, 0.25) is 5.15 Å². The Hall–Kier alpha value is -0.890. The molecule has 0 aromatic carbocycles. The molecule has 0 radical (unpaired) electrons. The molecule has 1 aliphatic heterocycles. The van der Waals surface area contributed by atoms with Gasteiger partial charge in [-0.1, -0.05) is 22.9 Å². The minimum Gasteiger partial charge on any atom is -0.391 e. The zero-order valence-electron chi connectivity index (χ0n) is 10.1. The van der Waals surface area contributed by atoms with Crippen LogP contribution in [-0.2, 0) is 6.61 Å². The van der Waals surface area contributed by atoms with Crippen molar-refractivity contribution >= 4 is 44.5 Å². The minimum absolute atomic E-state index is 0.0461. The maximum absolute atomic E-state index is 9.15. The predicted octanol–water partition coefficient (Wildman–Crippen LogP) is 2.07. The Bertz CT molecular complexity index is 537. The van der Waals surface area contributed by atoms with Gasteiger partial charge in [-0.3, -0.25) is 0 Å². The van der Waals surface area contributed by atoms with Crippen LogP contribution in [0.1, 0.15) is 4.88 Å². The molecule has 2 aromatic heterocycles. The maximum Gasteiger partial charge on any atom is 0.187 e. The van der Waals surface area contributed by atoms with E-state index in [1.807, 2.05) is 11.6 Å². The molecule has 8 heteroatoms. The molecule has 1 aliphatic rings. The van der Waals surface area contributed by atoms with Gasteiger partial charge in [0.1, 0.15) is 5.15 Å². The van der Waals surface area contributed by atoms with E-state index >= 15 is 0 Å². The summed E-state index contributed by atoms with van der Waals surface area (Å²) in [5.41, 5.74) is 0. The molecule has 5 nitrogen and oxygen atoms in total. The van der Waals surface area contributed by atoms with Gasteiger partial charge in [0.05, 0.1) is 11.5 Å². The topological polar surface area (TPSA) is 52.5 Å². The standard InChI is InChI=1S/C11H13ClN4OS2/c12-9-8(7-17)19-11(14-9)16-4-2-15(3-5-16)10-13-1-6-18-10/h1,6,17H,2-5,7H2. The van der Waals surface area contributed by atoms with Crippen molar-refractivity contribution in [1.29, 1.82) is 0 Å². The first kappa shape index (κ1) is 13.1. The highest BCUT2D eigenvalue weighted by Crippen LogP contribution is 2.30. The quantitative estimate of drug-likeness (QED) is 0.939. The molecule has 0 saturated carbocycles. The van der Waals surface area contributed by atoms with Crippen molar-refractivity contribution in [1.82, 2.24) is 9.97 Å². The first-order valence-electron chi connectivity index (χ1n) is 5.93. The van der Waals surface area contributed by atoms with Gasteiger partial charge in [-0.05, 0) is 0 Å². The summed E-state index contributed by atoms with van der Waals surface area (Å²) in [7, 11) is 0. The van der Waals surface area contributed by atoms with Gasteiger partial charge in [0, 0.05) is 37.8 Å². The Morgan fingerprint density at radius 1 is 1.21 bits per heavy atom. The zero-order chi connectivity index (χ0) is 13.2. The molecule has 102 valence electrons. The lowest BCUT2D eigenvalue weighted by atomic mass is 10.3. The van der Waals surface area contributed by atoms with Gasteiger partial charge < -0.3 is 14.9 Å². The highest BCUT2D eigenvalue weighted by molar-refractivity contribution is 7.16. The predicted molar refractivity (Wildman–Crippen MR) is 79.6 cm³/mol. The molecule has 0 bridgehead atoms. The summed E-state index contributed by atoms with van der Waals surface area (Å²) >= 11 is 9.10. The summed E-state index contributed by atoms with van der Waals surface area (Å²) in [5.74, 6) is 0. The monoisotopic (exact) mass is 316 g/mol. The van der Waals surface area contributed by atoms with Gasteiger partial charge in [-0.15, -0.1) is 11.3 Å². The molecule has 0 amide bonds. The van der Waals surface area contributed by atoms with Crippen LogP contribution in [0.4, 0.5) is 10.3 Å². The fraction of sp³-hybridized carbons (Fsp3) is 0.455. The molecular formula is C11H13ClN4OS2. The molecule has 1 fully saturated rings. The Labute approximate surface area is 124 Å². The second-order valence-electron chi connectivity index (χ2n) is 4.16. The van der Waals surface area contributed by atoms with Crippen LogP contribution in [0.3, 0.4) is 0 Å². The number of thiazole rings is 2. The first-order chi connectivity index (χ1) is 9.28.